The molecule has 2 fully saturated rings. The summed E-state index contributed by atoms with van der Waals surface area (Å²) < 4.78 is 33.0. The fraction of sp³-hybridized carbons (Fsp3) is 0.636. The molecule has 3 rings (SSSR count). The molecule has 1 aromatic rings. The minimum Gasteiger partial charge on any atom is -0.450 e. The molecule has 0 bridgehead atoms. The van der Waals surface area contributed by atoms with Gasteiger partial charge in [-0.3, -0.25) is 4.79 Å². The van der Waals surface area contributed by atoms with Crippen molar-refractivity contribution in [2.24, 2.45) is 0 Å². The van der Waals surface area contributed by atoms with Gasteiger partial charge < -0.3 is 14.5 Å². The first-order valence-corrected chi connectivity index (χ1v) is 12.7. The predicted octanol–water partition coefficient (Wildman–Crippen LogP) is 2.53. The third kappa shape index (κ3) is 6.67. The molecule has 1 aliphatic heterocycles. The Hall–Kier alpha value is -2.13. The van der Waals surface area contributed by atoms with Gasteiger partial charge in [0.15, 0.2) is 0 Å². The summed E-state index contributed by atoms with van der Waals surface area (Å²) in [7, 11) is -3.51. The molecule has 172 valence electrons. The molecule has 0 atom stereocenters. The molecule has 1 aliphatic carbocycles. The lowest BCUT2D eigenvalue weighted by Gasteiger charge is -2.34. The van der Waals surface area contributed by atoms with Gasteiger partial charge in [-0.25, -0.2) is 17.9 Å². The molecule has 1 N–H and O–H groups in total. The zero-order valence-electron chi connectivity index (χ0n) is 18.2. The predicted molar refractivity (Wildman–Crippen MR) is 117 cm³/mol. The van der Waals surface area contributed by atoms with E-state index >= 15 is 0 Å². The number of amides is 2. The first kappa shape index (κ1) is 23.5. The van der Waals surface area contributed by atoms with Crippen LogP contribution in [0, 0.1) is 0 Å². The molecule has 2 amide bonds. The molecular weight excluding hydrogens is 418 g/mol. The molecule has 31 heavy (non-hydrogen) atoms. The lowest BCUT2D eigenvalue weighted by Crippen LogP contribution is -2.50. The van der Waals surface area contributed by atoms with Gasteiger partial charge in [0.05, 0.1) is 11.5 Å². The van der Waals surface area contributed by atoms with Gasteiger partial charge in [-0.15, -0.1) is 0 Å². The summed E-state index contributed by atoms with van der Waals surface area (Å²) in [5, 5.41) is 0. The second-order valence-corrected chi connectivity index (χ2v) is 9.88. The lowest BCUT2D eigenvalue weighted by molar-refractivity contribution is -0.132. The van der Waals surface area contributed by atoms with Crippen LogP contribution in [-0.4, -0.2) is 69.0 Å². The van der Waals surface area contributed by atoms with Crippen molar-refractivity contribution in [2.45, 2.75) is 62.8 Å². The van der Waals surface area contributed by atoms with Gasteiger partial charge in [0.2, 0.25) is 15.9 Å². The first-order valence-electron chi connectivity index (χ1n) is 11.2. The summed E-state index contributed by atoms with van der Waals surface area (Å²) in [6, 6.07) is 6.81. The molecule has 1 aromatic carbocycles. The lowest BCUT2D eigenvalue weighted by atomic mass is 9.96. The maximum absolute atomic E-state index is 12.6. The summed E-state index contributed by atoms with van der Waals surface area (Å²) >= 11 is 0. The van der Waals surface area contributed by atoms with Gasteiger partial charge in [-0.2, -0.15) is 0 Å². The highest BCUT2D eigenvalue weighted by molar-refractivity contribution is 7.89. The zero-order chi connectivity index (χ0) is 22.3. The second kappa shape index (κ2) is 10.9. The maximum atomic E-state index is 12.6. The van der Waals surface area contributed by atoms with Crippen molar-refractivity contribution >= 4 is 22.0 Å². The SMILES string of the molecule is CCOC(=O)N1CCN(C(=O)CCc2ccc(S(=O)(=O)NC3CCCCC3)cc2)CC1. The van der Waals surface area contributed by atoms with Gasteiger partial charge in [-0.1, -0.05) is 31.4 Å². The number of hydrogen-bond donors (Lipinski definition) is 1. The number of hydrogen-bond acceptors (Lipinski definition) is 5. The van der Waals surface area contributed by atoms with Crippen LogP contribution in [0.2, 0.25) is 0 Å². The molecule has 0 radical (unpaired) electrons. The first-order chi connectivity index (χ1) is 14.9. The van der Waals surface area contributed by atoms with E-state index in [1.54, 1.807) is 41.0 Å². The highest BCUT2D eigenvalue weighted by Crippen LogP contribution is 2.20. The third-order valence-electron chi connectivity index (χ3n) is 5.95. The molecule has 8 nitrogen and oxygen atoms in total. The number of aryl methyl sites for hydroxylation is 1. The highest BCUT2D eigenvalue weighted by atomic mass is 32.2. The summed E-state index contributed by atoms with van der Waals surface area (Å²) in [6.45, 7) is 4.07. The van der Waals surface area contributed by atoms with E-state index in [9.17, 15) is 18.0 Å². The van der Waals surface area contributed by atoms with Crippen molar-refractivity contribution in [1.82, 2.24) is 14.5 Å². The number of piperazine rings is 1. The van der Waals surface area contributed by atoms with Crippen LogP contribution in [0.1, 0.15) is 51.0 Å². The average molecular weight is 452 g/mol. The van der Waals surface area contributed by atoms with Crippen molar-refractivity contribution in [1.29, 1.82) is 0 Å². The molecule has 9 heteroatoms. The maximum Gasteiger partial charge on any atom is 0.409 e. The van der Waals surface area contributed by atoms with Gasteiger partial charge in [0.1, 0.15) is 0 Å². The summed E-state index contributed by atoms with van der Waals surface area (Å²) in [4.78, 5) is 27.9. The molecular formula is C22H33N3O5S. The highest BCUT2D eigenvalue weighted by Gasteiger charge is 2.25. The standard InChI is InChI=1S/C22H33N3O5S/c1-2-30-22(27)25-16-14-24(15-17-25)21(26)13-10-18-8-11-20(12-9-18)31(28,29)23-19-6-4-3-5-7-19/h8-9,11-12,19,23H,2-7,10,13-17H2,1H3. The number of ether oxygens (including phenoxy) is 1. The monoisotopic (exact) mass is 451 g/mol. The molecule has 1 saturated heterocycles. The van der Waals surface area contributed by atoms with E-state index in [4.69, 9.17) is 4.74 Å². The average Bonchev–Trinajstić information content (AvgIpc) is 2.78. The number of benzene rings is 1. The van der Waals surface area contributed by atoms with E-state index < -0.39 is 10.0 Å². The number of nitrogens with zero attached hydrogens (tertiary/aromatic N) is 2. The number of nitrogens with one attached hydrogen (secondary N) is 1. The number of rotatable bonds is 7. The van der Waals surface area contributed by atoms with E-state index in [2.05, 4.69) is 4.72 Å². The zero-order valence-corrected chi connectivity index (χ0v) is 19.0. The molecule has 0 spiro atoms. The Morgan fingerprint density at radius 3 is 2.23 bits per heavy atom. The van der Waals surface area contributed by atoms with Crippen LogP contribution in [-0.2, 0) is 26.0 Å². The van der Waals surface area contributed by atoms with Crippen molar-refractivity contribution in [3.8, 4) is 0 Å². The minimum absolute atomic E-state index is 0.0281. The Balaban J connectivity index is 1.46. The quantitative estimate of drug-likeness (QED) is 0.687. The van der Waals surface area contributed by atoms with Crippen LogP contribution in [0.3, 0.4) is 0 Å². The smallest absolute Gasteiger partial charge is 0.409 e. The Kier molecular flexibility index (Phi) is 8.31. The second-order valence-electron chi connectivity index (χ2n) is 8.17. The van der Waals surface area contributed by atoms with Crippen molar-refractivity contribution in [3.63, 3.8) is 0 Å². The fourth-order valence-corrected chi connectivity index (χ4v) is 5.41. The Labute approximate surface area is 185 Å². The van der Waals surface area contributed by atoms with Crippen molar-refractivity contribution in [3.05, 3.63) is 29.8 Å². The minimum atomic E-state index is -3.51. The van der Waals surface area contributed by atoms with Crippen LogP contribution < -0.4 is 4.72 Å². The van der Waals surface area contributed by atoms with Crippen LogP contribution in [0.25, 0.3) is 0 Å². The van der Waals surface area contributed by atoms with E-state index in [-0.39, 0.29) is 22.9 Å². The van der Waals surface area contributed by atoms with E-state index in [1.807, 2.05) is 0 Å². The third-order valence-corrected chi connectivity index (χ3v) is 7.48. The van der Waals surface area contributed by atoms with Gasteiger partial charge in [-0.05, 0) is 43.9 Å². The van der Waals surface area contributed by atoms with Crippen molar-refractivity contribution in [2.75, 3.05) is 32.8 Å². The molecule has 0 unspecified atom stereocenters. The number of carbonyl (C=O) groups is 2. The molecule has 1 saturated carbocycles. The van der Waals surface area contributed by atoms with Gasteiger partial charge in [0.25, 0.3) is 0 Å². The van der Waals surface area contributed by atoms with Crippen molar-refractivity contribution < 1.29 is 22.7 Å². The van der Waals surface area contributed by atoms with Crippen LogP contribution in [0.15, 0.2) is 29.2 Å². The topological polar surface area (TPSA) is 96.0 Å². The fourth-order valence-electron chi connectivity index (χ4n) is 4.11. The largest absolute Gasteiger partial charge is 0.450 e. The van der Waals surface area contributed by atoms with E-state index in [1.165, 1.54) is 6.42 Å². The number of carbonyl (C=O) groups excluding carboxylic acids is 2. The summed E-state index contributed by atoms with van der Waals surface area (Å²) in [5.74, 6) is 0.0409. The summed E-state index contributed by atoms with van der Waals surface area (Å²) in [6.07, 6.45) is 5.67. The summed E-state index contributed by atoms with van der Waals surface area (Å²) in [5.41, 5.74) is 0.926. The molecule has 0 aromatic heterocycles. The Morgan fingerprint density at radius 2 is 1.61 bits per heavy atom. The number of sulfonamides is 1. The normalized spacial score (nSPS) is 18.1. The van der Waals surface area contributed by atoms with Gasteiger partial charge >= 0.3 is 6.09 Å². The Bertz CT molecular complexity index is 842. The van der Waals surface area contributed by atoms with Crippen LogP contribution >= 0.6 is 0 Å². The molecule has 2 aliphatic rings. The van der Waals surface area contributed by atoms with Crippen LogP contribution in [0.5, 0.6) is 0 Å². The molecule has 1 heterocycles. The van der Waals surface area contributed by atoms with Crippen LogP contribution in [0.4, 0.5) is 4.79 Å². The Morgan fingerprint density at radius 1 is 1.00 bits per heavy atom. The van der Waals surface area contributed by atoms with E-state index in [0.29, 0.717) is 45.6 Å². The van der Waals surface area contributed by atoms with Gasteiger partial charge in [0, 0.05) is 38.6 Å². The van der Waals surface area contributed by atoms with E-state index in [0.717, 1.165) is 31.2 Å².